The Morgan fingerprint density at radius 1 is 1.03 bits per heavy atom. The minimum atomic E-state index is -1.28. The molecule has 1 aliphatic rings. The van der Waals surface area contributed by atoms with Crippen LogP contribution in [-0.2, 0) is 4.79 Å². The summed E-state index contributed by atoms with van der Waals surface area (Å²) in [6, 6.07) is 23.3. The average molecular weight is 608 g/mol. The van der Waals surface area contributed by atoms with Crippen molar-refractivity contribution in [1.29, 1.82) is 0 Å². The van der Waals surface area contributed by atoms with Gasteiger partial charge in [-0.1, -0.05) is 72.3 Å². The van der Waals surface area contributed by atoms with E-state index in [9.17, 15) is 14.4 Å². The number of likely N-dealkylation sites (N-methyl/N-ethyl adjacent to an activating group) is 1. The third-order valence-electron chi connectivity index (χ3n) is 5.87. The summed E-state index contributed by atoms with van der Waals surface area (Å²) in [6.07, 6.45) is -2.25. The van der Waals surface area contributed by atoms with Gasteiger partial charge in [-0.15, -0.1) is 5.10 Å². The van der Waals surface area contributed by atoms with Crippen LogP contribution in [-0.4, -0.2) is 47.0 Å². The number of hydrogen-bond donors (Lipinski definition) is 3. The molecule has 39 heavy (non-hydrogen) atoms. The minimum Gasteiger partial charge on any atom is -0.388 e. The number of para-hydroxylation sites is 1. The maximum Gasteiger partial charge on any atom is 0.416 e. The molecule has 12 heteroatoms. The maximum atomic E-state index is 13.3. The van der Waals surface area contributed by atoms with Crippen LogP contribution in [0.15, 0.2) is 88.3 Å². The van der Waals surface area contributed by atoms with E-state index in [1.807, 2.05) is 54.6 Å². The molecule has 0 bridgehead atoms. The van der Waals surface area contributed by atoms with Gasteiger partial charge in [0.25, 0.3) is 17.7 Å². The molecule has 2 heterocycles. The smallest absolute Gasteiger partial charge is 0.388 e. The first-order valence-electron chi connectivity index (χ1n) is 11.6. The fraction of sp³-hybridized carbons (Fsp3) is 0.0741. The Hall–Kier alpha value is -4.48. The standard InChI is InChI=1S/C27H20BrClN6O4/c1-35-19-14-8-6-12-17(19)21(15-9-3-2-4-10-15)30-23(26(35)37)32-27(38)39-25-20(28)22(33-34-25)31-24(36)16-11-5-7-13-18(16)29/h2-14,23H,1H3,(H,32,38)(H2,31,33,34,36). The highest BCUT2D eigenvalue weighted by Crippen LogP contribution is 2.31. The van der Waals surface area contributed by atoms with Gasteiger partial charge in [-0.3, -0.25) is 20.0 Å². The lowest BCUT2D eigenvalue weighted by molar-refractivity contribution is -0.119. The van der Waals surface area contributed by atoms with Gasteiger partial charge in [0.15, 0.2) is 0 Å². The zero-order chi connectivity index (χ0) is 27.5. The Morgan fingerprint density at radius 3 is 2.49 bits per heavy atom. The van der Waals surface area contributed by atoms with Gasteiger partial charge in [-0.2, -0.15) is 0 Å². The number of benzodiazepines with no additional fused rings is 1. The highest BCUT2D eigenvalue weighted by molar-refractivity contribution is 9.10. The van der Waals surface area contributed by atoms with Crippen LogP contribution in [0.4, 0.5) is 16.3 Å². The van der Waals surface area contributed by atoms with Crippen molar-refractivity contribution in [3.8, 4) is 5.88 Å². The number of rotatable bonds is 5. The van der Waals surface area contributed by atoms with Crippen LogP contribution in [0.25, 0.3) is 0 Å². The molecule has 1 aromatic heterocycles. The lowest BCUT2D eigenvalue weighted by atomic mass is 10.0. The van der Waals surface area contributed by atoms with Gasteiger partial charge in [-0.05, 0) is 34.1 Å². The van der Waals surface area contributed by atoms with Crippen molar-refractivity contribution in [3.63, 3.8) is 0 Å². The highest BCUT2D eigenvalue weighted by atomic mass is 79.9. The van der Waals surface area contributed by atoms with E-state index in [1.54, 1.807) is 31.3 Å². The van der Waals surface area contributed by atoms with Crippen LogP contribution >= 0.6 is 27.5 Å². The van der Waals surface area contributed by atoms with Crippen LogP contribution in [0, 0.1) is 0 Å². The molecule has 3 N–H and O–H groups in total. The number of fused-ring (bicyclic) bond motifs is 1. The van der Waals surface area contributed by atoms with Crippen LogP contribution < -0.4 is 20.3 Å². The Bertz CT molecular complexity index is 1610. The number of nitrogens with one attached hydrogen (secondary N) is 3. The van der Waals surface area contributed by atoms with Crippen molar-refractivity contribution in [3.05, 3.63) is 105 Å². The molecule has 5 rings (SSSR count). The first-order valence-corrected chi connectivity index (χ1v) is 12.8. The molecule has 1 unspecified atom stereocenters. The molecular formula is C27H20BrClN6O4. The van der Waals surface area contributed by atoms with Gasteiger partial charge in [0.2, 0.25) is 6.17 Å². The van der Waals surface area contributed by atoms with Crippen molar-refractivity contribution >= 4 is 62.7 Å². The number of nitrogens with zero attached hydrogens (tertiary/aromatic N) is 3. The molecule has 0 saturated carbocycles. The number of carbonyl (C=O) groups is 3. The topological polar surface area (TPSA) is 129 Å². The van der Waals surface area contributed by atoms with Crippen molar-refractivity contribution < 1.29 is 19.1 Å². The van der Waals surface area contributed by atoms with Gasteiger partial charge in [-0.25, -0.2) is 9.79 Å². The van der Waals surface area contributed by atoms with E-state index in [-0.39, 0.29) is 26.8 Å². The van der Waals surface area contributed by atoms with Crippen molar-refractivity contribution in [1.82, 2.24) is 15.5 Å². The SMILES string of the molecule is CN1C(=O)C(NC(=O)Oc2n[nH]c(NC(=O)c3ccccc3Cl)c2Br)N=C(c2ccccc2)c2ccccc21. The Labute approximate surface area is 236 Å². The van der Waals surface area contributed by atoms with Gasteiger partial charge >= 0.3 is 6.09 Å². The molecule has 10 nitrogen and oxygen atoms in total. The zero-order valence-electron chi connectivity index (χ0n) is 20.3. The van der Waals surface area contributed by atoms with Crippen molar-refractivity contribution in [2.24, 2.45) is 4.99 Å². The number of ether oxygens (including phenoxy) is 1. The fourth-order valence-electron chi connectivity index (χ4n) is 3.96. The van der Waals surface area contributed by atoms with E-state index >= 15 is 0 Å². The largest absolute Gasteiger partial charge is 0.416 e. The summed E-state index contributed by atoms with van der Waals surface area (Å²) in [4.78, 5) is 44.8. The Kier molecular flexibility index (Phi) is 7.44. The second kappa shape index (κ2) is 11.1. The molecule has 4 aromatic rings. The van der Waals surface area contributed by atoms with E-state index in [2.05, 4.69) is 41.8 Å². The number of benzene rings is 3. The average Bonchev–Trinajstić information content (AvgIpc) is 3.23. The number of hydrogen-bond acceptors (Lipinski definition) is 6. The highest BCUT2D eigenvalue weighted by Gasteiger charge is 2.32. The van der Waals surface area contributed by atoms with Crippen LogP contribution in [0.5, 0.6) is 5.88 Å². The molecule has 3 aromatic carbocycles. The third kappa shape index (κ3) is 5.40. The van der Waals surface area contributed by atoms with Gasteiger partial charge in [0.1, 0.15) is 10.3 Å². The molecule has 3 amide bonds. The predicted molar refractivity (Wildman–Crippen MR) is 151 cm³/mol. The maximum absolute atomic E-state index is 13.3. The second-order valence-electron chi connectivity index (χ2n) is 8.35. The number of aromatic nitrogens is 2. The molecule has 0 fully saturated rings. The third-order valence-corrected chi connectivity index (χ3v) is 6.93. The number of aliphatic imine (C=N–C) groups is 1. The first kappa shape index (κ1) is 26.1. The molecular weight excluding hydrogens is 588 g/mol. The van der Waals surface area contributed by atoms with E-state index in [1.165, 1.54) is 4.90 Å². The molecule has 0 saturated heterocycles. The summed E-state index contributed by atoms with van der Waals surface area (Å²) in [5, 5.41) is 11.9. The van der Waals surface area contributed by atoms with Gasteiger partial charge < -0.3 is 15.0 Å². The monoisotopic (exact) mass is 606 g/mol. The molecule has 0 radical (unpaired) electrons. The first-order chi connectivity index (χ1) is 18.8. The number of halogens is 2. The molecule has 0 spiro atoms. The summed E-state index contributed by atoms with van der Waals surface area (Å²) >= 11 is 9.36. The summed E-state index contributed by atoms with van der Waals surface area (Å²) < 4.78 is 5.51. The van der Waals surface area contributed by atoms with Crippen LogP contribution in [0.3, 0.4) is 0 Å². The molecule has 196 valence electrons. The number of aromatic amines is 1. The van der Waals surface area contributed by atoms with Crippen molar-refractivity contribution in [2.75, 3.05) is 17.3 Å². The summed E-state index contributed by atoms with van der Waals surface area (Å²) in [5.41, 5.74) is 2.97. The fourth-order valence-corrected chi connectivity index (χ4v) is 4.54. The number of carbonyl (C=O) groups excluding carboxylic acids is 3. The normalized spacial score (nSPS) is 14.6. The second-order valence-corrected chi connectivity index (χ2v) is 9.55. The van der Waals surface area contributed by atoms with Crippen LogP contribution in [0.1, 0.15) is 21.5 Å². The predicted octanol–water partition coefficient (Wildman–Crippen LogP) is 5.01. The van der Waals surface area contributed by atoms with E-state index < -0.39 is 24.1 Å². The Morgan fingerprint density at radius 2 is 1.72 bits per heavy atom. The van der Waals surface area contributed by atoms with E-state index in [0.717, 1.165) is 11.1 Å². The number of anilines is 2. The quantitative estimate of drug-likeness (QED) is 0.294. The van der Waals surface area contributed by atoms with E-state index in [0.29, 0.717) is 11.4 Å². The number of H-pyrrole nitrogens is 1. The zero-order valence-corrected chi connectivity index (χ0v) is 22.7. The van der Waals surface area contributed by atoms with Gasteiger partial charge in [0, 0.05) is 18.2 Å². The molecule has 1 aliphatic heterocycles. The summed E-state index contributed by atoms with van der Waals surface area (Å²) in [5.74, 6) is -0.964. The molecule has 1 atom stereocenters. The van der Waals surface area contributed by atoms with Crippen molar-refractivity contribution in [2.45, 2.75) is 6.17 Å². The summed E-state index contributed by atoms with van der Waals surface area (Å²) in [7, 11) is 1.61. The number of amides is 3. The van der Waals surface area contributed by atoms with Gasteiger partial charge in [0.05, 0.1) is 22.0 Å². The molecule has 0 aliphatic carbocycles. The minimum absolute atomic E-state index is 0.146. The summed E-state index contributed by atoms with van der Waals surface area (Å²) in [6.45, 7) is 0. The Balaban J connectivity index is 1.36. The lowest BCUT2D eigenvalue weighted by Crippen LogP contribution is -2.47. The lowest BCUT2D eigenvalue weighted by Gasteiger charge is -2.20. The van der Waals surface area contributed by atoms with E-state index in [4.69, 9.17) is 16.3 Å². The van der Waals surface area contributed by atoms with Crippen LogP contribution in [0.2, 0.25) is 5.02 Å².